The molecule has 0 radical (unpaired) electrons. The maximum atomic E-state index is 11.5. The van der Waals surface area contributed by atoms with E-state index in [1.165, 1.54) is 12.8 Å². The lowest BCUT2D eigenvalue weighted by Gasteiger charge is -2.08. The number of nitrogens with one attached hydrogen (secondary N) is 1. The lowest BCUT2D eigenvalue weighted by atomic mass is 10.2. The fraction of sp³-hybridized carbons (Fsp3) is 0.517. The Kier molecular flexibility index (Phi) is 19.7. The van der Waals surface area contributed by atoms with E-state index in [1.807, 2.05) is 0 Å². The molecule has 0 heterocycles. The van der Waals surface area contributed by atoms with Crippen molar-refractivity contribution in [2.75, 3.05) is 19.0 Å². The smallest absolute Gasteiger partial charge is 0.470 e. The van der Waals surface area contributed by atoms with Gasteiger partial charge in [-0.05, 0) is 67.8 Å². The summed E-state index contributed by atoms with van der Waals surface area (Å²) >= 11 is 0. The fourth-order valence-electron chi connectivity index (χ4n) is 3.03. The molecule has 2 aromatic carbocycles. The van der Waals surface area contributed by atoms with E-state index in [-0.39, 0.29) is 17.5 Å². The minimum atomic E-state index is -4.85. The quantitative estimate of drug-likeness (QED) is 0.133. The topological polar surface area (TPSA) is 139 Å². The highest BCUT2D eigenvalue weighted by Crippen LogP contribution is 2.14. The van der Waals surface area contributed by atoms with Gasteiger partial charge in [-0.3, -0.25) is 0 Å². The van der Waals surface area contributed by atoms with E-state index in [2.05, 4.69) is 13.8 Å². The van der Waals surface area contributed by atoms with E-state index >= 15 is 0 Å². The van der Waals surface area contributed by atoms with Gasteiger partial charge in [0.1, 0.15) is 11.5 Å². The molecule has 0 amide bonds. The molecule has 0 fully saturated rings. The van der Waals surface area contributed by atoms with Gasteiger partial charge in [-0.25, -0.2) is 18.0 Å². The second-order valence-corrected chi connectivity index (χ2v) is 10.9. The van der Waals surface area contributed by atoms with Crippen LogP contribution in [0.4, 0.5) is 13.2 Å². The van der Waals surface area contributed by atoms with E-state index in [0.29, 0.717) is 24.4 Å². The van der Waals surface area contributed by atoms with Crippen molar-refractivity contribution in [2.24, 2.45) is 0 Å². The first-order valence-corrected chi connectivity index (χ1v) is 15.4. The fourth-order valence-corrected chi connectivity index (χ4v) is 4.16. The van der Waals surface area contributed by atoms with E-state index in [9.17, 15) is 31.2 Å². The second-order valence-electron chi connectivity index (χ2n) is 9.04. The first-order chi connectivity index (χ1) is 19.7. The van der Waals surface area contributed by atoms with Crippen LogP contribution in [0.5, 0.6) is 11.5 Å². The van der Waals surface area contributed by atoms with Crippen molar-refractivity contribution >= 4 is 22.0 Å². The predicted molar refractivity (Wildman–Crippen MR) is 155 cm³/mol. The molecule has 3 N–H and O–H groups in total. The van der Waals surface area contributed by atoms with Gasteiger partial charge in [0.2, 0.25) is 10.0 Å². The summed E-state index contributed by atoms with van der Waals surface area (Å²) in [4.78, 5) is 21.1. The van der Waals surface area contributed by atoms with Crippen molar-refractivity contribution in [3.8, 4) is 11.5 Å². The van der Waals surface area contributed by atoms with Gasteiger partial charge in [-0.2, -0.15) is 13.2 Å². The number of hydrogen-bond donors (Lipinski definition) is 3. The van der Waals surface area contributed by atoms with E-state index < -0.39 is 34.0 Å². The number of carboxylic acids is 2. The van der Waals surface area contributed by atoms with Crippen LogP contribution in [0.1, 0.15) is 92.9 Å². The average Bonchev–Trinajstić information content (AvgIpc) is 2.92. The maximum Gasteiger partial charge on any atom is 0.470 e. The summed E-state index contributed by atoms with van der Waals surface area (Å²) in [6.07, 6.45) is 2.65. The molecule has 0 aliphatic heterocycles. The third-order valence-corrected chi connectivity index (χ3v) is 6.64. The van der Waals surface area contributed by atoms with Gasteiger partial charge < -0.3 is 19.7 Å². The number of unbranched alkanes of at least 4 members (excludes halogenated alkanes) is 5. The largest absolute Gasteiger partial charge is 0.494 e. The summed E-state index contributed by atoms with van der Waals surface area (Å²) in [5.41, 5.74) is 0.576. The Balaban J connectivity index is 0.000000606. The Hall–Kier alpha value is -3.32. The number of aromatic carboxylic acids is 2. The number of sulfonamides is 1. The number of rotatable bonds is 16. The molecule has 0 aromatic heterocycles. The van der Waals surface area contributed by atoms with Crippen molar-refractivity contribution < 1.29 is 50.9 Å². The highest BCUT2D eigenvalue weighted by Gasteiger charge is 2.33. The van der Waals surface area contributed by atoms with Gasteiger partial charge in [-0.15, -0.1) is 4.72 Å². The second kappa shape index (κ2) is 21.4. The predicted octanol–water partition coefficient (Wildman–Crippen LogP) is 7.13. The van der Waals surface area contributed by atoms with Crippen LogP contribution in [0.2, 0.25) is 0 Å². The summed E-state index contributed by atoms with van der Waals surface area (Å²) in [6.45, 7) is 7.37. The molecule has 238 valence electrons. The summed E-state index contributed by atoms with van der Waals surface area (Å²) < 4.78 is 67.1. The Labute approximate surface area is 246 Å². The molecule has 2 aromatic rings. The van der Waals surface area contributed by atoms with Crippen LogP contribution < -0.4 is 14.2 Å². The lowest BCUT2D eigenvalue weighted by molar-refractivity contribution is -0.138. The molecule has 0 atom stereocenters. The van der Waals surface area contributed by atoms with Gasteiger partial charge in [0.25, 0.3) is 0 Å². The number of carbonyl (C=O) groups is 2. The molecule has 13 heteroatoms. The standard InChI is InChI=1S/2C12H16O3.C5H10F3NO2S/c2*1-2-3-4-9-15-11-7-5-10(6-8-11)12(13)14;1-2-3-4-12(10,11)9-5(6,7)8/h2*5-8H,2-4,9H2,1H3,(H,13,14);9H,2-4H2,1H3. The Morgan fingerprint density at radius 1 is 0.690 bits per heavy atom. The number of alkyl halides is 3. The summed E-state index contributed by atoms with van der Waals surface area (Å²) in [5, 5.41) is 17.4. The van der Waals surface area contributed by atoms with Gasteiger partial charge in [0.15, 0.2) is 0 Å². The van der Waals surface area contributed by atoms with E-state index in [1.54, 1.807) is 55.5 Å². The number of halogens is 3. The molecule has 0 bridgehead atoms. The number of ether oxygens (including phenoxy) is 2. The molecule has 42 heavy (non-hydrogen) atoms. The third kappa shape index (κ3) is 20.5. The van der Waals surface area contributed by atoms with Crippen LogP contribution in [-0.2, 0) is 10.0 Å². The molecular formula is C29H42F3NO8S. The normalized spacial score (nSPS) is 10.9. The van der Waals surface area contributed by atoms with Gasteiger partial charge in [0.05, 0.1) is 30.1 Å². The summed E-state index contributed by atoms with van der Waals surface area (Å²) in [6, 6.07) is 13.0. The molecular weight excluding hydrogens is 579 g/mol. The zero-order valence-corrected chi connectivity index (χ0v) is 25.1. The molecule has 2 rings (SSSR count). The van der Waals surface area contributed by atoms with Crippen LogP contribution in [-0.4, -0.2) is 55.8 Å². The van der Waals surface area contributed by atoms with Crippen LogP contribution in [0.25, 0.3) is 0 Å². The zero-order chi connectivity index (χ0) is 32.0. The highest BCUT2D eigenvalue weighted by atomic mass is 32.2. The first-order valence-electron chi connectivity index (χ1n) is 13.7. The van der Waals surface area contributed by atoms with Crippen molar-refractivity contribution in [3.63, 3.8) is 0 Å². The molecule has 0 spiro atoms. The lowest BCUT2D eigenvalue weighted by Crippen LogP contribution is -2.38. The third-order valence-electron chi connectivity index (χ3n) is 5.27. The number of carboxylic acid groups (broad SMARTS) is 2. The minimum absolute atomic E-state index is 0.228. The Morgan fingerprint density at radius 2 is 1.05 bits per heavy atom. The average molecular weight is 622 g/mol. The number of hydrogen-bond acceptors (Lipinski definition) is 6. The maximum absolute atomic E-state index is 11.5. The molecule has 0 unspecified atom stereocenters. The Morgan fingerprint density at radius 3 is 1.33 bits per heavy atom. The van der Waals surface area contributed by atoms with Crippen molar-refractivity contribution in [3.05, 3.63) is 59.7 Å². The Bertz CT molecular complexity index is 1060. The number of benzene rings is 2. The highest BCUT2D eigenvalue weighted by molar-refractivity contribution is 7.89. The first kappa shape index (κ1) is 38.7. The molecule has 0 saturated heterocycles. The van der Waals surface area contributed by atoms with E-state index in [0.717, 1.165) is 37.2 Å². The summed E-state index contributed by atoms with van der Waals surface area (Å²) in [5.74, 6) is -0.838. The van der Waals surface area contributed by atoms with Crippen molar-refractivity contribution in [1.29, 1.82) is 0 Å². The van der Waals surface area contributed by atoms with Crippen LogP contribution in [0.15, 0.2) is 48.5 Å². The van der Waals surface area contributed by atoms with Gasteiger partial charge in [0, 0.05) is 0 Å². The van der Waals surface area contributed by atoms with Crippen LogP contribution >= 0.6 is 0 Å². The van der Waals surface area contributed by atoms with Gasteiger partial charge >= 0.3 is 18.2 Å². The van der Waals surface area contributed by atoms with Gasteiger partial charge in [-0.1, -0.05) is 52.9 Å². The van der Waals surface area contributed by atoms with Crippen molar-refractivity contribution in [2.45, 2.75) is 78.4 Å². The van der Waals surface area contributed by atoms with Crippen LogP contribution in [0, 0.1) is 0 Å². The molecule has 0 aliphatic carbocycles. The summed E-state index contributed by atoms with van der Waals surface area (Å²) in [7, 11) is -4.18. The van der Waals surface area contributed by atoms with E-state index in [4.69, 9.17) is 19.7 Å². The molecule has 9 nitrogen and oxygen atoms in total. The molecule has 0 aliphatic rings. The minimum Gasteiger partial charge on any atom is -0.494 e. The SMILES string of the molecule is CCCCCOc1ccc(C(=O)O)cc1.CCCCCOc1ccc(C(=O)O)cc1.CCCCS(=O)(=O)NC(F)(F)F. The van der Waals surface area contributed by atoms with Crippen molar-refractivity contribution in [1.82, 2.24) is 4.72 Å². The molecule has 0 saturated carbocycles. The zero-order valence-electron chi connectivity index (χ0n) is 24.3. The monoisotopic (exact) mass is 621 g/mol. The van der Waals surface area contributed by atoms with Crippen LogP contribution in [0.3, 0.4) is 0 Å².